The molecule has 2 rings (SSSR count). The van der Waals surface area contributed by atoms with E-state index in [0.29, 0.717) is 0 Å². The molecular formula is C18H17F3O4. The van der Waals surface area contributed by atoms with Gasteiger partial charge in [0.2, 0.25) is 17.7 Å². The molecule has 1 N–H and O–H groups in total. The molecule has 25 heavy (non-hydrogen) atoms. The van der Waals surface area contributed by atoms with Gasteiger partial charge in [0.15, 0.2) is 0 Å². The van der Waals surface area contributed by atoms with E-state index >= 15 is 4.39 Å². The largest absolute Gasteiger partial charge is 0.382 e. The maximum absolute atomic E-state index is 15.0. The third-order valence-electron chi connectivity index (χ3n) is 3.94. The van der Waals surface area contributed by atoms with Crippen molar-refractivity contribution in [1.82, 2.24) is 0 Å². The van der Waals surface area contributed by atoms with Crippen molar-refractivity contribution in [3.63, 3.8) is 0 Å². The van der Waals surface area contributed by atoms with Crippen molar-refractivity contribution in [2.45, 2.75) is 18.1 Å². The van der Waals surface area contributed by atoms with E-state index in [1.54, 1.807) is 0 Å². The molecule has 7 heteroatoms. The Bertz CT molecular complexity index is 747. The van der Waals surface area contributed by atoms with E-state index in [1.807, 2.05) is 0 Å². The van der Waals surface area contributed by atoms with Gasteiger partial charge in [-0.25, -0.2) is 13.2 Å². The first-order valence-corrected chi connectivity index (χ1v) is 7.34. The van der Waals surface area contributed by atoms with Crippen molar-refractivity contribution < 1.29 is 32.5 Å². The Morgan fingerprint density at radius 1 is 1.00 bits per heavy atom. The fraction of sp³-hybridized carbons (Fsp3) is 0.278. The number of ether oxygens (including phenoxy) is 2. The van der Waals surface area contributed by atoms with Crippen LogP contribution in [0, 0.1) is 11.6 Å². The van der Waals surface area contributed by atoms with Gasteiger partial charge < -0.3 is 14.6 Å². The van der Waals surface area contributed by atoms with Crippen LogP contribution < -0.4 is 0 Å². The highest BCUT2D eigenvalue weighted by atomic mass is 19.1. The van der Waals surface area contributed by atoms with Crippen LogP contribution in [0.2, 0.25) is 0 Å². The lowest BCUT2D eigenvalue weighted by atomic mass is 9.92. The third-order valence-corrected chi connectivity index (χ3v) is 3.94. The number of aliphatic hydroxyl groups is 1. The van der Waals surface area contributed by atoms with Gasteiger partial charge in [0.05, 0.1) is 5.56 Å². The molecule has 0 bridgehead atoms. The number of benzene rings is 2. The highest BCUT2D eigenvalue weighted by molar-refractivity contribution is 6.00. The summed E-state index contributed by atoms with van der Waals surface area (Å²) in [4.78, 5) is 12.4. The Kier molecular flexibility index (Phi) is 5.94. The number of methoxy groups -OCH3 is 2. The van der Waals surface area contributed by atoms with Crippen molar-refractivity contribution in [3.8, 4) is 0 Å². The molecule has 0 amide bonds. The van der Waals surface area contributed by atoms with E-state index in [1.165, 1.54) is 30.3 Å². The SMILES string of the molecule is COC(OC)(C(F)C(=O)c1ccccc1F)C(O)c1ccccc1F. The number of Topliss-reactive ketones (excluding diaryl/α,β-unsaturated/α-hetero) is 1. The van der Waals surface area contributed by atoms with Crippen molar-refractivity contribution in [1.29, 1.82) is 0 Å². The zero-order chi connectivity index (χ0) is 18.6. The van der Waals surface area contributed by atoms with E-state index in [2.05, 4.69) is 0 Å². The van der Waals surface area contributed by atoms with Gasteiger partial charge in [0.1, 0.15) is 17.7 Å². The quantitative estimate of drug-likeness (QED) is 0.613. The summed E-state index contributed by atoms with van der Waals surface area (Å²) < 4.78 is 52.6. The first-order chi connectivity index (χ1) is 11.9. The molecule has 0 heterocycles. The molecule has 0 saturated carbocycles. The van der Waals surface area contributed by atoms with Crippen LogP contribution in [0.5, 0.6) is 0 Å². The van der Waals surface area contributed by atoms with E-state index in [-0.39, 0.29) is 5.56 Å². The first kappa shape index (κ1) is 19.1. The number of halogens is 3. The van der Waals surface area contributed by atoms with E-state index < -0.39 is 41.0 Å². The number of rotatable bonds is 7. The summed E-state index contributed by atoms with van der Waals surface area (Å²) in [6.45, 7) is 0. The van der Waals surface area contributed by atoms with E-state index in [4.69, 9.17) is 9.47 Å². The highest BCUT2D eigenvalue weighted by Crippen LogP contribution is 2.37. The molecule has 0 radical (unpaired) electrons. The standard InChI is InChI=1S/C18H17F3O4/c1-24-18(25-2,17(23)12-8-4-6-10-14(12)20)16(21)15(22)11-7-3-5-9-13(11)19/h3-10,16-17,23H,1-2H3. The number of carbonyl (C=O) groups excluding carboxylic acids is 1. The zero-order valence-corrected chi connectivity index (χ0v) is 13.6. The van der Waals surface area contributed by atoms with Gasteiger partial charge in [-0.05, 0) is 18.2 Å². The second-order valence-corrected chi connectivity index (χ2v) is 5.26. The van der Waals surface area contributed by atoms with Gasteiger partial charge in [-0.1, -0.05) is 30.3 Å². The second kappa shape index (κ2) is 7.77. The maximum Gasteiger partial charge on any atom is 0.238 e. The summed E-state index contributed by atoms with van der Waals surface area (Å²) in [7, 11) is 1.99. The van der Waals surface area contributed by atoms with Crippen LogP contribution in [0.3, 0.4) is 0 Å². The van der Waals surface area contributed by atoms with Gasteiger partial charge in [-0.3, -0.25) is 4.79 Å². The maximum atomic E-state index is 15.0. The molecule has 2 atom stereocenters. The molecule has 134 valence electrons. The first-order valence-electron chi connectivity index (χ1n) is 7.34. The minimum absolute atomic E-state index is 0.324. The van der Waals surface area contributed by atoms with Gasteiger partial charge in [-0.2, -0.15) is 0 Å². The van der Waals surface area contributed by atoms with Gasteiger partial charge in [-0.15, -0.1) is 0 Å². The van der Waals surface area contributed by atoms with Crippen LogP contribution in [0.4, 0.5) is 13.2 Å². The lowest BCUT2D eigenvalue weighted by molar-refractivity contribution is -0.282. The minimum Gasteiger partial charge on any atom is -0.382 e. The highest BCUT2D eigenvalue weighted by Gasteiger charge is 2.52. The average molecular weight is 354 g/mol. The van der Waals surface area contributed by atoms with Gasteiger partial charge in [0.25, 0.3) is 0 Å². The van der Waals surface area contributed by atoms with E-state index in [0.717, 1.165) is 32.4 Å². The number of hydrogen-bond donors (Lipinski definition) is 1. The fourth-order valence-corrected chi connectivity index (χ4v) is 2.55. The molecule has 0 aliphatic rings. The van der Waals surface area contributed by atoms with E-state index in [9.17, 15) is 18.7 Å². The molecule has 0 fully saturated rings. The van der Waals surface area contributed by atoms with Crippen molar-refractivity contribution in [3.05, 3.63) is 71.3 Å². The predicted molar refractivity (Wildman–Crippen MR) is 83.7 cm³/mol. The molecule has 0 spiro atoms. The second-order valence-electron chi connectivity index (χ2n) is 5.26. The lowest BCUT2D eigenvalue weighted by Gasteiger charge is -2.37. The van der Waals surface area contributed by atoms with Gasteiger partial charge in [0, 0.05) is 19.8 Å². The Labute approximate surface area is 142 Å². The number of hydrogen-bond acceptors (Lipinski definition) is 4. The van der Waals surface area contributed by atoms with Gasteiger partial charge >= 0.3 is 0 Å². The number of aliphatic hydroxyl groups excluding tert-OH is 1. The topological polar surface area (TPSA) is 55.8 Å². The summed E-state index contributed by atoms with van der Waals surface area (Å²) in [6.07, 6.45) is -4.59. The third kappa shape index (κ3) is 3.44. The van der Waals surface area contributed by atoms with Crippen LogP contribution in [0.1, 0.15) is 22.0 Å². The smallest absolute Gasteiger partial charge is 0.238 e. The molecule has 0 aliphatic carbocycles. The Hall–Kier alpha value is -2.22. The monoisotopic (exact) mass is 354 g/mol. The molecule has 2 unspecified atom stereocenters. The zero-order valence-electron chi connectivity index (χ0n) is 13.6. The van der Waals surface area contributed by atoms with Crippen molar-refractivity contribution in [2.75, 3.05) is 14.2 Å². The lowest BCUT2D eigenvalue weighted by Crippen LogP contribution is -2.52. The van der Waals surface area contributed by atoms with Crippen molar-refractivity contribution in [2.24, 2.45) is 0 Å². The summed E-state index contributed by atoms with van der Waals surface area (Å²) in [5.74, 6) is -5.62. The summed E-state index contributed by atoms with van der Waals surface area (Å²) in [6, 6.07) is 9.84. The Morgan fingerprint density at radius 3 is 2.04 bits per heavy atom. The molecule has 2 aromatic carbocycles. The Balaban J connectivity index is 2.47. The Morgan fingerprint density at radius 2 is 1.52 bits per heavy atom. The molecule has 0 aliphatic heterocycles. The molecular weight excluding hydrogens is 337 g/mol. The van der Waals surface area contributed by atoms with Crippen LogP contribution in [-0.4, -0.2) is 37.1 Å². The molecule has 0 saturated heterocycles. The fourth-order valence-electron chi connectivity index (χ4n) is 2.55. The predicted octanol–water partition coefficient (Wildman–Crippen LogP) is 3.21. The number of alkyl halides is 1. The minimum atomic E-state index is -2.62. The summed E-state index contributed by atoms with van der Waals surface area (Å²) in [5, 5.41) is 10.5. The van der Waals surface area contributed by atoms with Crippen LogP contribution in [0.15, 0.2) is 48.5 Å². The molecule has 4 nitrogen and oxygen atoms in total. The normalized spacial score (nSPS) is 14.2. The van der Waals surface area contributed by atoms with Crippen molar-refractivity contribution >= 4 is 5.78 Å². The number of carbonyl (C=O) groups is 1. The van der Waals surface area contributed by atoms with Crippen LogP contribution >= 0.6 is 0 Å². The molecule has 0 aromatic heterocycles. The molecule has 2 aromatic rings. The summed E-state index contributed by atoms with van der Waals surface area (Å²) in [5.41, 5.74) is -0.857. The number of ketones is 1. The summed E-state index contributed by atoms with van der Waals surface area (Å²) >= 11 is 0. The average Bonchev–Trinajstić information content (AvgIpc) is 2.63. The van der Waals surface area contributed by atoms with Crippen LogP contribution in [0.25, 0.3) is 0 Å². The van der Waals surface area contributed by atoms with Crippen LogP contribution in [-0.2, 0) is 9.47 Å².